The zero-order chi connectivity index (χ0) is 26.9. The summed E-state index contributed by atoms with van der Waals surface area (Å²) in [5.74, 6) is 0.338. The lowest BCUT2D eigenvalue weighted by molar-refractivity contribution is 0.0525. The SMILES string of the molecule is CCOC(=O)c1cc(Oc2cccc(C(=N)N)c2)nc(Oc2cc(C#N)ccc2OCc2ccccc2)c1. The highest BCUT2D eigenvalue weighted by atomic mass is 16.5. The number of carbonyl (C=O) groups is 1. The first kappa shape index (κ1) is 25.7. The number of aromatic nitrogens is 1. The predicted octanol–water partition coefficient (Wildman–Crippen LogP) is 5.58. The molecule has 1 heterocycles. The number of esters is 1. The van der Waals surface area contributed by atoms with Crippen molar-refractivity contribution in [2.45, 2.75) is 13.5 Å². The molecule has 0 saturated heterocycles. The topological polar surface area (TPSA) is 141 Å². The molecule has 38 heavy (non-hydrogen) atoms. The number of hydrogen-bond acceptors (Lipinski definition) is 8. The van der Waals surface area contributed by atoms with Crippen LogP contribution in [0, 0.1) is 16.7 Å². The quantitative estimate of drug-likeness (QED) is 0.161. The van der Waals surface area contributed by atoms with Gasteiger partial charge < -0.3 is 24.7 Å². The van der Waals surface area contributed by atoms with E-state index in [1.54, 1.807) is 43.3 Å². The van der Waals surface area contributed by atoms with Gasteiger partial charge in [0.15, 0.2) is 11.5 Å². The van der Waals surface area contributed by atoms with Crippen molar-refractivity contribution >= 4 is 11.8 Å². The van der Waals surface area contributed by atoms with Gasteiger partial charge in [-0.3, -0.25) is 5.41 Å². The van der Waals surface area contributed by atoms with Gasteiger partial charge in [-0.15, -0.1) is 0 Å². The number of rotatable bonds is 10. The second-order valence-electron chi connectivity index (χ2n) is 7.95. The average Bonchev–Trinajstić information content (AvgIpc) is 2.93. The fourth-order valence-electron chi connectivity index (χ4n) is 3.39. The molecule has 190 valence electrons. The minimum Gasteiger partial charge on any atom is -0.485 e. The van der Waals surface area contributed by atoms with Crippen molar-refractivity contribution in [1.29, 1.82) is 10.7 Å². The molecule has 0 bridgehead atoms. The third kappa shape index (κ3) is 6.65. The number of carbonyl (C=O) groups excluding carboxylic acids is 1. The molecule has 0 aliphatic heterocycles. The normalized spacial score (nSPS) is 10.2. The molecule has 0 fully saturated rings. The van der Waals surface area contributed by atoms with Crippen LogP contribution in [0.4, 0.5) is 0 Å². The smallest absolute Gasteiger partial charge is 0.338 e. The van der Waals surface area contributed by atoms with Crippen LogP contribution >= 0.6 is 0 Å². The van der Waals surface area contributed by atoms with Gasteiger partial charge in [0.05, 0.1) is 23.8 Å². The standard InChI is InChI=1S/C29H24N4O5/c1-2-35-29(34)22-15-26(37-23-10-6-9-21(14-23)28(31)32)33-27(16-22)38-25-13-20(17-30)11-12-24(25)36-18-19-7-4-3-5-8-19/h3-16H,2,18H2,1H3,(H3,31,32). The van der Waals surface area contributed by atoms with Crippen LogP contribution in [0.2, 0.25) is 0 Å². The molecule has 1 aromatic heterocycles. The second-order valence-corrected chi connectivity index (χ2v) is 7.95. The molecule has 0 spiro atoms. The van der Waals surface area contributed by atoms with Gasteiger partial charge in [-0.25, -0.2) is 4.79 Å². The number of nitrogens with two attached hydrogens (primary N) is 1. The largest absolute Gasteiger partial charge is 0.485 e. The van der Waals surface area contributed by atoms with Crippen molar-refractivity contribution < 1.29 is 23.7 Å². The second kappa shape index (κ2) is 12.1. The monoisotopic (exact) mass is 508 g/mol. The van der Waals surface area contributed by atoms with Crippen molar-refractivity contribution in [3.05, 3.63) is 107 Å². The molecule has 3 N–H and O–H groups in total. The number of benzene rings is 3. The van der Waals surface area contributed by atoms with Crippen molar-refractivity contribution in [3.63, 3.8) is 0 Å². The zero-order valence-electron chi connectivity index (χ0n) is 20.5. The van der Waals surface area contributed by atoms with Crippen molar-refractivity contribution in [2.75, 3.05) is 6.61 Å². The Hall–Kier alpha value is -5.36. The van der Waals surface area contributed by atoms with E-state index in [2.05, 4.69) is 11.1 Å². The van der Waals surface area contributed by atoms with E-state index in [4.69, 9.17) is 30.1 Å². The van der Waals surface area contributed by atoms with Gasteiger partial charge in [-0.05, 0) is 36.8 Å². The zero-order valence-corrected chi connectivity index (χ0v) is 20.5. The highest BCUT2D eigenvalue weighted by Crippen LogP contribution is 2.34. The van der Waals surface area contributed by atoms with Crippen LogP contribution in [0.1, 0.15) is 34.0 Å². The Balaban J connectivity index is 1.67. The van der Waals surface area contributed by atoms with E-state index in [1.807, 2.05) is 30.3 Å². The van der Waals surface area contributed by atoms with Gasteiger partial charge in [0.2, 0.25) is 11.8 Å². The molecule has 4 rings (SSSR count). The van der Waals surface area contributed by atoms with Gasteiger partial charge in [-0.2, -0.15) is 10.2 Å². The third-order valence-electron chi connectivity index (χ3n) is 5.18. The van der Waals surface area contributed by atoms with Crippen LogP contribution in [0.3, 0.4) is 0 Å². The van der Waals surface area contributed by atoms with Crippen molar-refractivity contribution in [2.24, 2.45) is 5.73 Å². The van der Waals surface area contributed by atoms with Gasteiger partial charge in [0.1, 0.15) is 18.2 Å². The molecule has 0 radical (unpaired) electrons. The number of nitriles is 1. The summed E-state index contributed by atoms with van der Waals surface area (Å²) in [4.78, 5) is 16.9. The summed E-state index contributed by atoms with van der Waals surface area (Å²) in [6.45, 7) is 2.15. The van der Waals surface area contributed by atoms with E-state index in [0.717, 1.165) is 5.56 Å². The number of amidine groups is 1. The van der Waals surface area contributed by atoms with Crippen LogP contribution in [0.5, 0.6) is 29.0 Å². The van der Waals surface area contributed by atoms with E-state index >= 15 is 0 Å². The number of ether oxygens (including phenoxy) is 4. The number of hydrogen-bond donors (Lipinski definition) is 2. The molecule has 0 amide bonds. The molecule has 0 aliphatic rings. The summed E-state index contributed by atoms with van der Waals surface area (Å²) >= 11 is 0. The predicted molar refractivity (Wildman–Crippen MR) is 140 cm³/mol. The summed E-state index contributed by atoms with van der Waals surface area (Å²) in [5.41, 5.74) is 7.50. The van der Waals surface area contributed by atoms with Gasteiger partial charge in [0, 0.05) is 23.8 Å². The van der Waals surface area contributed by atoms with Gasteiger partial charge in [-0.1, -0.05) is 42.5 Å². The lowest BCUT2D eigenvalue weighted by atomic mass is 10.2. The van der Waals surface area contributed by atoms with Crippen molar-refractivity contribution in [3.8, 4) is 35.1 Å². The first-order valence-corrected chi connectivity index (χ1v) is 11.7. The minimum atomic E-state index is -0.589. The first-order valence-electron chi connectivity index (χ1n) is 11.7. The van der Waals surface area contributed by atoms with E-state index in [1.165, 1.54) is 18.2 Å². The molecular formula is C29H24N4O5. The van der Waals surface area contributed by atoms with Crippen molar-refractivity contribution in [1.82, 2.24) is 4.98 Å². The van der Waals surface area contributed by atoms with Crippen LogP contribution in [0.25, 0.3) is 0 Å². The van der Waals surface area contributed by atoms with E-state index < -0.39 is 5.97 Å². The van der Waals surface area contributed by atoms with Gasteiger partial charge >= 0.3 is 5.97 Å². The summed E-state index contributed by atoms with van der Waals surface area (Å²) in [5, 5.41) is 17.0. The van der Waals surface area contributed by atoms with E-state index in [0.29, 0.717) is 22.6 Å². The van der Waals surface area contributed by atoms with E-state index in [-0.39, 0.29) is 42.1 Å². The summed E-state index contributed by atoms with van der Waals surface area (Å²) in [7, 11) is 0. The number of nitrogens with zero attached hydrogens (tertiary/aromatic N) is 2. The highest BCUT2D eigenvalue weighted by Gasteiger charge is 2.16. The fraction of sp³-hybridized carbons (Fsp3) is 0.103. The highest BCUT2D eigenvalue weighted by molar-refractivity contribution is 5.95. The first-order chi connectivity index (χ1) is 18.4. The maximum atomic E-state index is 12.6. The van der Waals surface area contributed by atoms with Crippen LogP contribution < -0.4 is 19.9 Å². The Morgan fingerprint density at radius 3 is 2.39 bits per heavy atom. The summed E-state index contributed by atoms with van der Waals surface area (Å²) in [6, 6.07) is 25.9. The number of nitrogen functional groups attached to an aromatic ring is 1. The molecule has 0 saturated carbocycles. The Labute approximate surface area is 219 Å². The maximum Gasteiger partial charge on any atom is 0.338 e. The summed E-state index contributed by atoms with van der Waals surface area (Å²) < 4.78 is 23.0. The molecule has 0 atom stereocenters. The Morgan fingerprint density at radius 1 is 0.921 bits per heavy atom. The molecule has 9 heteroatoms. The maximum absolute atomic E-state index is 12.6. The molecule has 4 aromatic rings. The van der Waals surface area contributed by atoms with Gasteiger partial charge in [0.25, 0.3) is 0 Å². The molecule has 3 aromatic carbocycles. The number of nitrogens with one attached hydrogen (secondary N) is 1. The van der Waals surface area contributed by atoms with E-state index in [9.17, 15) is 10.1 Å². The molecule has 9 nitrogen and oxygen atoms in total. The number of pyridine rings is 1. The third-order valence-corrected chi connectivity index (χ3v) is 5.18. The van der Waals surface area contributed by atoms with Crippen LogP contribution in [0.15, 0.2) is 84.9 Å². The Morgan fingerprint density at radius 2 is 1.68 bits per heavy atom. The molecule has 0 unspecified atom stereocenters. The summed E-state index contributed by atoms with van der Waals surface area (Å²) in [6.07, 6.45) is 0. The lowest BCUT2D eigenvalue weighted by Gasteiger charge is -2.14. The minimum absolute atomic E-state index is 0.0212. The average molecular weight is 509 g/mol. The fourth-order valence-corrected chi connectivity index (χ4v) is 3.39. The van der Waals surface area contributed by atoms with Crippen LogP contribution in [-0.4, -0.2) is 23.4 Å². The Bertz CT molecular complexity index is 1500. The molecular weight excluding hydrogens is 484 g/mol. The molecule has 0 aliphatic carbocycles. The Kier molecular flexibility index (Phi) is 8.16. The lowest BCUT2D eigenvalue weighted by Crippen LogP contribution is -2.10. The van der Waals surface area contributed by atoms with Crippen LogP contribution in [-0.2, 0) is 11.3 Å².